The normalized spacial score (nSPS) is 25.3. The molecule has 0 amide bonds. The first-order valence-corrected chi connectivity index (χ1v) is 6.43. The predicted octanol–water partition coefficient (Wildman–Crippen LogP) is 1.89. The maximum absolute atomic E-state index is 13.3. The molecule has 1 fully saturated rings. The van der Waals surface area contributed by atoms with E-state index in [4.69, 9.17) is 10.5 Å². The lowest BCUT2D eigenvalue weighted by Gasteiger charge is -2.37. The second-order valence-corrected chi connectivity index (χ2v) is 5.04. The van der Waals surface area contributed by atoms with E-state index in [1.54, 1.807) is 12.1 Å². The van der Waals surface area contributed by atoms with Gasteiger partial charge in [0.15, 0.2) is 0 Å². The Kier molecular flexibility index (Phi) is 4.32. The highest BCUT2D eigenvalue weighted by Crippen LogP contribution is 2.18. The summed E-state index contributed by atoms with van der Waals surface area (Å²) in [6, 6.07) is 5.20. The van der Waals surface area contributed by atoms with Gasteiger partial charge in [-0.1, -0.05) is 6.07 Å². The Morgan fingerprint density at radius 2 is 2.17 bits per heavy atom. The minimum atomic E-state index is -0.198. The lowest BCUT2D eigenvalue weighted by molar-refractivity contribution is -0.0527. The van der Waals surface area contributed by atoms with Crippen LogP contribution >= 0.6 is 0 Å². The van der Waals surface area contributed by atoms with Crippen molar-refractivity contribution in [3.05, 3.63) is 35.1 Å². The number of nitrogens with two attached hydrogens (primary N) is 1. The van der Waals surface area contributed by atoms with Crippen LogP contribution in [-0.2, 0) is 17.8 Å². The molecule has 0 aromatic heterocycles. The number of rotatable bonds is 3. The second kappa shape index (κ2) is 5.78. The van der Waals surface area contributed by atoms with Gasteiger partial charge in [0.1, 0.15) is 5.82 Å². The van der Waals surface area contributed by atoms with Crippen molar-refractivity contribution in [3.63, 3.8) is 0 Å². The van der Waals surface area contributed by atoms with E-state index in [2.05, 4.69) is 18.7 Å². The first-order valence-electron chi connectivity index (χ1n) is 6.43. The Labute approximate surface area is 108 Å². The van der Waals surface area contributed by atoms with Crippen LogP contribution < -0.4 is 5.73 Å². The van der Waals surface area contributed by atoms with Crippen molar-refractivity contribution >= 4 is 0 Å². The minimum Gasteiger partial charge on any atom is -0.376 e. The number of halogens is 1. The number of benzene rings is 1. The monoisotopic (exact) mass is 252 g/mol. The molecule has 1 aromatic carbocycles. The van der Waals surface area contributed by atoms with E-state index in [9.17, 15) is 4.39 Å². The third-order valence-corrected chi connectivity index (χ3v) is 3.50. The Morgan fingerprint density at radius 1 is 1.39 bits per heavy atom. The molecule has 0 spiro atoms. The number of ether oxygens (including phenoxy) is 1. The van der Waals surface area contributed by atoms with Crippen molar-refractivity contribution in [2.24, 2.45) is 5.73 Å². The predicted molar refractivity (Wildman–Crippen MR) is 69.6 cm³/mol. The molecule has 1 saturated heterocycles. The van der Waals surface area contributed by atoms with Crippen molar-refractivity contribution in [1.29, 1.82) is 0 Å². The maximum Gasteiger partial charge on any atom is 0.123 e. The first-order chi connectivity index (χ1) is 8.60. The zero-order valence-corrected chi connectivity index (χ0v) is 11.0. The van der Waals surface area contributed by atoms with Crippen LogP contribution in [0.5, 0.6) is 0 Å². The van der Waals surface area contributed by atoms with Crippen LogP contribution in [0, 0.1) is 5.82 Å². The fourth-order valence-electron chi connectivity index (χ4n) is 2.35. The van der Waals surface area contributed by atoms with E-state index in [0.29, 0.717) is 12.6 Å². The van der Waals surface area contributed by atoms with Crippen LogP contribution in [0.3, 0.4) is 0 Å². The lowest BCUT2D eigenvalue weighted by Crippen LogP contribution is -2.46. The van der Waals surface area contributed by atoms with Crippen LogP contribution in [0.1, 0.15) is 25.0 Å². The smallest absolute Gasteiger partial charge is 0.123 e. The third kappa shape index (κ3) is 3.07. The molecule has 0 saturated carbocycles. The molecule has 0 aliphatic carbocycles. The van der Waals surface area contributed by atoms with Crippen molar-refractivity contribution in [2.75, 3.05) is 13.2 Å². The van der Waals surface area contributed by atoms with Gasteiger partial charge in [0.05, 0.1) is 12.7 Å². The minimum absolute atomic E-state index is 0.198. The highest BCUT2D eigenvalue weighted by atomic mass is 19.1. The highest BCUT2D eigenvalue weighted by Gasteiger charge is 2.23. The molecule has 1 aromatic rings. The molecule has 2 rings (SSSR count). The average molecular weight is 252 g/mol. The van der Waals surface area contributed by atoms with E-state index in [1.807, 2.05) is 0 Å². The summed E-state index contributed by atoms with van der Waals surface area (Å²) in [5, 5.41) is 0. The molecule has 18 heavy (non-hydrogen) atoms. The summed E-state index contributed by atoms with van der Waals surface area (Å²) in [6.45, 7) is 6.99. The summed E-state index contributed by atoms with van der Waals surface area (Å²) in [5.74, 6) is -0.198. The average Bonchev–Trinajstić information content (AvgIpc) is 2.34. The van der Waals surface area contributed by atoms with Crippen molar-refractivity contribution in [2.45, 2.75) is 39.1 Å². The van der Waals surface area contributed by atoms with Gasteiger partial charge in [-0.25, -0.2) is 4.39 Å². The van der Waals surface area contributed by atoms with Crippen LogP contribution in [0.25, 0.3) is 0 Å². The molecular formula is C14H21FN2O. The zero-order chi connectivity index (χ0) is 13.1. The summed E-state index contributed by atoms with van der Waals surface area (Å²) in [6.07, 6.45) is 0.232. The Morgan fingerprint density at radius 3 is 2.89 bits per heavy atom. The summed E-state index contributed by atoms with van der Waals surface area (Å²) in [5.41, 5.74) is 7.70. The Balaban J connectivity index is 2.14. The van der Waals surface area contributed by atoms with Gasteiger partial charge in [0.25, 0.3) is 0 Å². The highest BCUT2D eigenvalue weighted by molar-refractivity contribution is 5.27. The van der Waals surface area contributed by atoms with E-state index in [1.165, 1.54) is 6.07 Å². The molecule has 2 atom stereocenters. The van der Waals surface area contributed by atoms with Crippen LogP contribution in [0.4, 0.5) is 4.39 Å². The molecule has 1 aliphatic heterocycles. The van der Waals surface area contributed by atoms with Crippen molar-refractivity contribution in [3.8, 4) is 0 Å². The quantitative estimate of drug-likeness (QED) is 0.893. The summed E-state index contributed by atoms with van der Waals surface area (Å²) >= 11 is 0. The van der Waals surface area contributed by atoms with E-state index in [0.717, 1.165) is 30.8 Å². The van der Waals surface area contributed by atoms with Gasteiger partial charge in [-0.3, -0.25) is 4.90 Å². The van der Waals surface area contributed by atoms with Crippen LogP contribution in [0.2, 0.25) is 0 Å². The van der Waals surface area contributed by atoms with E-state index < -0.39 is 0 Å². The van der Waals surface area contributed by atoms with Crippen molar-refractivity contribution in [1.82, 2.24) is 4.90 Å². The van der Waals surface area contributed by atoms with Crippen LogP contribution in [-0.4, -0.2) is 30.2 Å². The van der Waals surface area contributed by atoms with E-state index in [-0.39, 0.29) is 11.9 Å². The standard InChI is InChI=1S/C14H21FN2O/c1-10-9-18-11(2)7-17(10)8-13-5-14(15)4-3-12(13)6-16/h3-5,10-11H,6-9,16H2,1-2H3. The van der Waals surface area contributed by atoms with Crippen molar-refractivity contribution < 1.29 is 9.13 Å². The number of nitrogens with zero attached hydrogens (tertiary/aromatic N) is 1. The summed E-state index contributed by atoms with van der Waals surface area (Å²) < 4.78 is 18.9. The molecular weight excluding hydrogens is 231 g/mol. The van der Waals surface area contributed by atoms with Gasteiger partial charge in [0.2, 0.25) is 0 Å². The molecule has 0 radical (unpaired) electrons. The number of hydrogen-bond acceptors (Lipinski definition) is 3. The second-order valence-electron chi connectivity index (χ2n) is 5.04. The lowest BCUT2D eigenvalue weighted by atomic mass is 10.1. The van der Waals surface area contributed by atoms with E-state index >= 15 is 0 Å². The molecule has 1 heterocycles. The Hall–Kier alpha value is -0.970. The third-order valence-electron chi connectivity index (χ3n) is 3.50. The van der Waals surface area contributed by atoms with Crippen LogP contribution in [0.15, 0.2) is 18.2 Å². The molecule has 3 nitrogen and oxygen atoms in total. The van der Waals surface area contributed by atoms with Gasteiger partial charge >= 0.3 is 0 Å². The van der Waals surface area contributed by atoms with Gasteiger partial charge < -0.3 is 10.5 Å². The molecule has 100 valence electrons. The SMILES string of the molecule is CC1CN(Cc2cc(F)ccc2CN)C(C)CO1. The maximum atomic E-state index is 13.3. The van der Waals surface area contributed by atoms with Gasteiger partial charge in [-0.15, -0.1) is 0 Å². The number of morpholine rings is 1. The number of hydrogen-bond donors (Lipinski definition) is 1. The molecule has 4 heteroatoms. The summed E-state index contributed by atoms with van der Waals surface area (Å²) in [4.78, 5) is 2.32. The first kappa shape index (κ1) is 13.5. The molecule has 2 N–H and O–H groups in total. The topological polar surface area (TPSA) is 38.5 Å². The van der Waals surface area contributed by atoms with Gasteiger partial charge in [0, 0.05) is 25.7 Å². The zero-order valence-electron chi connectivity index (χ0n) is 11.0. The largest absolute Gasteiger partial charge is 0.376 e. The van der Waals surface area contributed by atoms with Gasteiger partial charge in [-0.2, -0.15) is 0 Å². The fraction of sp³-hybridized carbons (Fsp3) is 0.571. The molecule has 2 unspecified atom stereocenters. The molecule has 0 bridgehead atoms. The van der Waals surface area contributed by atoms with Gasteiger partial charge in [-0.05, 0) is 37.1 Å². The Bertz CT molecular complexity index is 411. The molecule has 1 aliphatic rings. The summed E-state index contributed by atoms with van der Waals surface area (Å²) in [7, 11) is 0. The fourth-order valence-corrected chi connectivity index (χ4v) is 2.35.